The summed E-state index contributed by atoms with van der Waals surface area (Å²) in [6, 6.07) is 16.9. The highest BCUT2D eigenvalue weighted by molar-refractivity contribution is 5.79. The lowest BCUT2D eigenvalue weighted by atomic mass is 9.89. The first-order chi connectivity index (χ1) is 13.4. The Labute approximate surface area is 167 Å². The molecule has 0 heterocycles. The van der Waals surface area contributed by atoms with E-state index in [9.17, 15) is 9.90 Å². The molecule has 28 heavy (non-hydrogen) atoms. The van der Waals surface area contributed by atoms with E-state index in [1.807, 2.05) is 45.0 Å². The number of rotatable bonds is 5. The Morgan fingerprint density at radius 2 is 1.61 bits per heavy atom. The quantitative estimate of drug-likeness (QED) is 0.811. The molecule has 2 aromatic carbocycles. The molecular formula is C24H29NO3. The van der Waals surface area contributed by atoms with Crippen LogP contribution >= 0.6 is 0 Å². The van der Waals surface area contributed by atoms with Crippen molar-refractivity contribution in [2.75, 3.05) is 13.2 Å². The summed E-state index contributed by atoms with van der Waals surface area (Å²) in [5.74, 6) is 0.0601. The molecule has 4 rings (SSSR count). The van der Waals surface area contributed by atoms with Crippen molar-refractivity contribution in [1.82, 2.24) is 4.90 Å². The Morgan fingerprint density at radius 3 is 2.11 bits per heavy atom. The minimum Gasteiger partial charge on any atom is -0.448 e. The number of ether oxygens (including phenoxy) is 1. The molecular weight excluding hydrogens is 350 g/mol. The van der Waals surface area contributed by atoms with Crippen molar-refractivity contribution in [2.45, 2.75) is 51.7 Å². The van der Waals surface area contributed by atoms with Crippen LogP contribution in [0.25, 0.3) is 11.1 Å². The summed E-state index contributed by atoms with van der Waals surface area (Å²) < 4.78 is 5.79. The molecule has 0 aliphatic heterocycles. The van der Waals surface area contributed by atoms with Gasteiger partial charge in [0.2, 0.25) is 0 Å². The number of aliphatic hydroxyl groups is 1. The minimum atomic E-state index is -0.575. The number of nitrogens with zero attached hydrogens (tertiary/aromatic N) is 1. The Morgan fingerprint density at radius 1 is 1.07 bits per heavy atom. The van der Waals surface area contributed by atoms with Crippen molar-refractivity contribution < 1.29 is 14.6 Å². The number of hydrogen-bond donors (Lipinski definition) is 1. The van der Waals surface area contributed by atoms with Gasteiger partial charge in [0.1, 0.15) is 6.61 Å². The fraction of sp³-hybridized carbons (Fsp3) is 0.458. The number of carbonyl (C=O) groups excluding carboxylic acids is 1. The Kier molecular flexibility index (Phi) is 4.92. The molecule has 0 bridgehead atoms. The molecule has 1 atom stereocenters. The summed E-state index contributed by atoms with van der Waals surface area (Å²) in [5.41, 5.74) is 4.60. The van der Waals surface area contributed by atoms with Gasteiger partial charge in [-0.25, -0.2) is 4.79 Å². The lowest BCUT2D eigenvalue weighted by Crippen LogP contribution is -2.44. The van der Waals surface area contributed by atoms with Crippen LogP contribution in [-0.2, 0) is 4.74 Å². The third kappa shape index (κ3) is 3.66. The average molecular weight is 380 g/mol. The predicted octanol–water partition coefficient (Wildman–Crippen LogP) is 4.81. The Hall–Kier alpha value is -2.33. The van der Waals surface area contributed by atoms with Gasteiger partial charge in [0.05, 0.1) is 12.6 Å². The smallest absolute Gasteiger partial charge is 0.410 e. The van der Waals surface area contributed by atoms with Gasteiger partial charge in [-0.3, -0.25) is 0 Å². The fourth-order valence-electron chi connectivity index (χ4n) is 3.90. The molecule has 1 saturated carbocycles. The highest BCUT2D eigenvalue weighted by atomic mass is 16.6. The standard InChI is InChI=1S/C24H29NO3/c1-24(2,3)22(26)14-25(16-12-13-16)23(27)28-15-21-19-10-6-4-8-17(19)18-9-5-7-11-20(18)21/h4-11,16,21-22,26H,12-15H2,1-3H3. The third-order valence-electron chi connectivity index (χ3n) is 5.93. The number of aliphatic hydroxyl groups excluding tert-OH is 1. The van der Waals surface area contributed by atoms with E-state index in [0.29, 0.717) is 13.2 Å². The van der Waals surface area contributed by atoms with Crippen LogP contribution < -0.4 is 0 Å². The molecule has 0 aromatic heterocycles. The van der Waals surface area contributed by atoms with Gasteiger partial charge in [-0.05, 0) is 40.5 Å². The van der Waals surface area contributed by atoms with Crippen LogP contribution in [0.5, 0.6) is 0 Å². The van der Waals surface area contributed by atoms with E-state index in [4.69, 9.17) is 4.74 Å². The van der Waals surface area contributed by atoms with Gasteiger partial charge in [0, 0.05) is 12.0 Å². The zero-order valence-corrected chi connectivity index (χ0v) is 16.9. The van der Waals surface area contributed by atoms with E-state index >= 15 is 0 Å². The Bertz CT molecular complexity index is 821. The van der Waals surface area contributed by atoms with Crippen LogP contribution in [0.4, 0.5) is 4.79 Å². The number of benzene rings is 2. The molecule has 4 nitrogen and oxygen atoms in total. The van der Waals surface area contributed by atoms with Crippen molar-refractivity contribution in [3.63, 3.8) is 0 Å². The van der Waals surface area contributed by atoms with Crippen LogP contribution in [0.1, 0.15) is 50.7 Å². The van der Waals surface area contributed by atoms with Crippen molar-refractivity contribution in [3.05, 3.63) is 59.7 Å². The minimum absolute atomic E-state index is 0.0601. The summed E-state index contributed by atoms with van der Waals surface area (Å²) in [6.07, 6.45) is 1.09. The second-order valence-corrected chi connectivity index (χ2v) is 9.07. The van der Waals surface area contributed by atoms with E-state index in [1.165, 1.54) is 22.3 Å². The second-order valence-electron chi connectivity index (χ2n) is 9.07. The van der Waals surface area contributed by atoms with Crippen LogP contribution in [-0.4, -0.2) is 41.4 Å². The highest BCUT2D eigenvalue weighted by Gasteiger charge is 2.38. The van der Waals surface area contributed by atoms with Gasteiger partial charge in [-0.2, -0.15) is 0 Å². The lowest BCUT2D eigenvalue weighted by molar-refractivity contribution is 0.0201. The van der Waals surface area contributed by atoms with Gasteiger partial charge in [0.25, 0.3) is 0 Å². The number of carbonyl (C=O) groups is 1. The van der Waals surface area contributed by atoms with Crippen LogP contribution in [0.3, 0.4) is 0 Å². The van der Waals surface area contributed by atoms with E-state index < -0.39 is 6.10 Å². The van der Waals surface area contributed by atoms with Gasteiger partial charge in [-0.1, -0.05) is 69.3 Å². The largest absolute Gasteiger partial charge is 0.448 e. The molecule has 2 aliphatic carbocycles. The molecule has 0 saturated heterocycles. The summed E-state index contributed by atoms with van der Waals surface area (Å²) in [5, 5.41) is 10.5. The highest BCUT2D eigenvalue weighted by Crippen LogP contribution is 2.44. The lowest BCUT2D eigenvalue weighted by Gasteiger charge is -2.31. The van der Waals surface area contributed by atoms with Crippen LogP contribution in [0, 0.1) is 5.41 Å². The monoisotopic (exact) mass is 379 g/mol. The average Bonchev–Trinajstić information content (AvgIpc) is 3.46. The topological polar surface area (TPSA) is 49.8 Å². The molecule has 4 heteroatoms. The van der Waals surface area contributed by atoms with E-state index in [2.05, 4.69) is 24.3 Å². The molecule has 1 amide bonds. The summed E-state index contributed by atoms with van der Waals surface area (Å²) in [6.45, 7) is 6.61. The summed E-state index contributed by atoms with van der Waals surface area (Å²) in [4.78, 5) is 14.6. The predicted molar refractivity (Wildman–Crippen MR) is 110 cm³/mol. The second kappa shape index (κ2) is 7.25. The number of fused-ring (bicyclic) bond motifs is 3. The zero-order chi connectivity index (χ0) is 19.9. The number of hydrogen-bond acceptors (Lipinski definition) is 3. The van der Waals surface area contributed by atoms with Crippen molar-refractivity contribution in [3.8, 4) is 11.1 Å². The molecule has 0 spiro atoms. The molecule has 0 radical (unpaired) electrons. The molecule has 2 aromatic rings. The van der Waals surface area contributed by atoms with Crippen molar-refractivity contribution in [1.29, 1.82) is 0 Å². The van der Waals surface area contributed by atoms with Gasteiger partial charge in [-0.15, -0.1) is 0 Å². The van der Waals surface area contributed by atoms with Gasteiger partial charge in [0.15, 0.2) is 0 Å². The zero-order valence-electron chi connectivity index (χ0n) is 16.9. The van der Waals surface area contributed by atoms with Crippen LogP contribution in [0.2, 0.25) is 0 Å². The molecule has 2 aliphatic rings. The molecule has 148 valence electrons. The first-order valence-corrected chi connectivity index (χ1v) is 10.2. The molecule has 1 fully saturated rings. The SMILES string of the molecule is CC(C)(C)C(O)CN(C(=O)OCC1c2ccccc2-c2ccccc21)C1CC1. The van der Waals surface area contributed by atoms with Gasteiger partial charge >= 0.3 is 6.09 Å². The van der Waals surface area contributed by atoms with Gasteiger partial charge < -0.3 is 14.7 Å². The fourth-order valence-corrected chi connectivity index (χ4v) is 3.90. The normalized spacial score (nSPS) is 17.0. The summed E-state index contributed by atoms with van der Waals surface area (Å²) in [7, 11) is 0. The van der Waals surface area contributed by atoms with Crippen molar-refractivity contribution >= 4 is 6.09 Å². The van der Waals surface area contributed by atoms with Crippen LogP contribution in [0.15, 0.2) is 48.5 Å². The van der Waals surface area contributed by atoms with E-state index in [0.717, 1.165) is 12.8 Å². The number of amides is 1. The maximum atomic E-state index is 12.9. The summed E-state index contributed by atoms with van der Waals surface area (Å²) >= 11 is 0. The first-order valence-electron chi connectivity index (χ1n) is 10.2. The maximum absolute atomic E-state index is 12.9. The molecule has 1 N–H and O–H groups in total. The third-order valence-corrected chi connectivity index (χ3v) is 5.93. The first kappa shape index (κ1) is 19.0. The maximum Gasteiger partial charge on any atom is 0.410 e. The Balaban J connectivity index is 1.48. The van der Waals surface area contributed by atoms with E-state index in [1.54, 1.807) is 4.90 Å². The van der Waals surface area contributed by atoms with E-state index in [-0.39, 0.29) is 23.5 Å². The van der Waals surface area contributed by atoms with Crippen molar-refractivity contribution in [2.24, 2.45) is 5.41 Å². The molecule has 1 unspecified atom stereocenters.